The normalized spacial score (nSPS) is 11.6. The first kappa shape index (κ1) is 21.1. The van der Waals surface area contributed by atoms with Gasteiger partial charge in [-0.1, -0.05) is 24.9 Å². The first-order valence-corrected chi connectivity index (χ1v) is 9.00. The zero-order chi connectivity index (χ0) is 18.8. The van der Waals surface area contributed by atoms with E-state index < -0.39 is 11.9 Å². The molecular formula is C18H27ClN2O4. The van der Waals surface area contributed by atoms with E-state index in [-0.39, 0.29) is 5.91 Å². The number of nitrogens with one attached hydrogen (secondary N) is 2. The van der Waals surface area contributed by atoms with Crippen LogP contribution in [0.1, 0.15) is 50.9 Å². The van der Waals surface area contributed by atoms with Gasteiger partial charge in [-0.15, -0.1) is 0 Å². The molecule has 0 radical (unpaired) electrons. The van der Waals surface area contributed by atoms with E-state index in [1.165, 1.54) is 6.07 Å². The van der Waals surface area contributed by atoms with Crippen LogP contribution < -0.4 is 20.1 Å². The molecule has 0 fully saturated rings. The highest BCUT2D eigenvalue weighted by Gasteiger charge is 2.19. The highest BCUT2D eigenvalue weighted by atomic mass is 35.5. The largest absolute Gasteiger partial charge is 0.490 e. The van der Waals surface area contributed by atoms with E-state index in [0.29, 0.717) is 41.8 Å². The van der Waals surface area contributed by atoms with Crippen LogP contribution in [-0.4, -0.2) is 37.6 Å². The van der Waals surface area contributed by atoms with Gasteiger partial charge in [0.1, 0.15) is 6.04 Å². The van der Waals surface area contributed by atoms with E-state index in [9.17, 15) is 9.59 Å². The van der Waals surface area contributed by atoms with Gasteiger partial charge >= 0.3 is 0 Å². The Bertz CT molecular complexity index is 593. The fourth-order valence-electron chi connectivity index (χ4n) is 2.09. The number of benzene rings is 1. The predicted molar refractivity (Wildman–Crippen MR) is 98.6 cm³/mol. The SMILES string of the molecule is CCCCOc1c(Cl)cc(C(=O)N[C@@H](C)C(=O)NCC)cc1OCC. The maximum Gasteiger partial charge on any atom is 0.252 e. The Kier molecular flexibility index (Phi) is 9.13. The Labute approximate surface area is 154 Å². The molecule has 25 heavy (non-hydrogen) atoms. The zero-order valence-electron chi connectivity index (χ0n) is 15.3. The number of unbranched alkanes of at least 4 members (excludes halogenated alkanes) is 1. The van der Waals surface area contributed by atoms with Crippen LogP contribution in [0.2, 0.25) is 5.02 Å². The number of likely N-dealkylation sites (N-methyl/N-ethyl adjacent to an activating group) is 1. The molecule has 1 aromatic rings. The highest BCUT2D eigenvalue weighted by molar-refractivity contribution is 6.32. The van der Waals surface area contributed by atoms with Crippen LogP contribution in [0.25, 0.3) is 0 Å². The van der Waals surface area contributed by atoms with Crippen molar-refractivity contribution in [2.75, 3.05) is 19.8 Å². The second-order valence-electron chi connectivity index (χ2n) is 5.51. The molecule has 0 aliphatic heterocycles. The number of ether oxygens (including phenoxy) is 2. The van der Waals surface area contributed by atoms with Gasteiger partial charge in [-0.05, 0) is 39.3 Å². The van der Waals surface area contributed by atoms with Gasteiger partial charge in [0.05, 0.1) is 18.2 Å². The van der Waals surface area contributed by atoms with Crippen molar-refractivity contribution in [1.29, 1.82) is 0 Å². The monoisotopic (exact) mass is 370 g/mol. The lowest BCUT2D eigenvalue weighted by Gasteiger charge is -2.17. The van der Waals surface area contributed by atoms with Crippen molar-refractivity contribution in [3.63, 3.8) is 0 Å². The first-order chi connectivity index (χ1) is 11.9. The lowest BCUT2D eigenvalue weighted by Crippen LogP contribution is -2.44. The van der Waals surface area contributed by atoms with Gasteiger partial charge in [-0.3, -0.25) is 9.59 Å². The molecule has 0 aliphatic rings. The number of rotatable bonds is 10. The molecule has 0 bridgehead atoms. The number of carbonyl (C=O) groups excluding carboxylic acids is 2. The van der Waals surface area contributed by atoms with E-state index in [0.717, 1.165) is 12.8 Å². The van der Waals surface area contributed by atoms with Gasteiger partial charge in [0.15, 0.2) is 11.5 Å². The van der Waals surface area contributed by atoms with Crippen molar-refractivity contribution in [3.8, 4) is 11.5 Å². The quantitative estimate of drug-likeness (QED) is 0.620. The van der Waals surface area contributed by atoms with Gasteiger partial charge in [-0.2, -0.15) is 0 Å². The Morgan fingerprint density at radius 1 is 1.20 bits per heavy atom. The van der Waals surface area contributed by atoms with Crippen molar-refractivity contribution in [2.24, 2.45) is 0 Å². The maximum absolute atomic E-state index is 12.4. The van der Waals surface area contributed by atoms with Crippen LogP contribution >= 0.6 is 11.6 Å². The summed E-state index contributed by atoms with van der Waals surface area (Å²) < 4.78 is 11.3. The van der Waals surface area contributed by atoms with Crippen LogP contribution in [0, 0.1) is 0 Å². The molecule has 0 saturated heterocycles. The summed E-state index contributed by atoms with van der Waals surface area (Å²) in [5.74, 6) is 0.209. The van der Waals surface area contributed by atoms with Crippen LogP contribution in [0.15, 0.2) is 12.1 Å². The molecular weight excluding hydrogens is 344 g/mol. The maximum atomic E-state index is 12.4. The van der Waals surface area contributed by atoms with Gasteiger partial charge in [-0.25, -0.2) is 0 Å². The van der Waals surface area contributed by atoms with E-state index in [4.69, 9.17) is 21.1 Å². The van der Waals surface area contributed by atoms with E-state index in [1.54, 1.807) is 13.0 Å². The molecule has 0 saturated carbocycles. The Morgan fingerprint density at radius 2 is 1.92 bits per heavy atom. The second-order valence-corrected chi connectivity index (χ2v) is 5.92. The fourth-order valence-corrected chi connectivity index (χ4v) is 2.36. The summed E-state index contributed by atoms with van der Waals surface area (Å²) >= 11 is 6.28. The van der Waals surface area contributed by atoms with Crippen LogP contribution in [0.5, 0.6) is 11.5 Å². The molecule has 6 nitrogen and oxygen atoms in total. The Hall–Kier alpha value is -1.95. The average Bonchev–Trinajstić information content (AvgIpc) is 2.57. The lowest BCUT2D eigenvalue weighted by atomic mass is 10.1. The van der Waals surface area contributed by atoms with E-state index in [2.05, 4.69) is 17.6 Å². The van der Waals surface area contributed by atoms with Crippen LogP contribution in [0.4, 0.5) is 0 Å². The van der Waals surface area contributed by atoms with Crippen molar-refractivity contribution in [2.45, 2.75) is 46.6 Å². The molecule has 7 heteroatoms. The summed E-state index contributed by atoms with van der Waals surface area (Å²) in [6.07, 6.45) is 1.90. The van der Waals surface area contributed by atoms with E-state index in [1.807, 2.05) is 13.8 Å². The Balaban J connectivity index is 2.96. The standard InChI is InChI=1S/C18H27ClN2O4/c1-5-8-9-25-16-14(19)10-13(11-15(16)24-7-3)18(23)21-12(4)17(22)20-6-2/h10-12H,5-9H2,1-4H3,(H,20,22)(H,21,23)/t12-/m0/s1. The molecule has 1 atom stereocenters. The third-order valence-electron chi connectivity index (χ3n) is 3.41. The molecule has 0 unspecified atom stereocenters. The third kappa shape index (κ3) is 6.46. The third-order valence-corrected chi connectivity index (χ3v) is 3.69. The topological polar surface area (TPSA) is 76.7 Å². The summed E-state index contributed by atoms with van der Waals surface area (Å²) in [5, 5.41) is 5.61. The molecule has 2 amide bonds. The Morgan fingerprint density at radius 3 is 2.52 bits per heavy atom. The average molecular weight is 371 g/mol. The fraction of sp³-hybridized carbons (Fsp3) is 0.556. The van der Waals surface area contributed by atoms with Crippen LogP contribution in [0.3, 0.4) is 0 Å². The molecule has 0 spiro atoms. The summed E-state index contributed by atoms with van der Waals surface area (Å²) in [6, 6.07) is 2.45. The molecule has 140 valence electrons. The minimum Gasteiger partial charge on any atom is -0.490 e. The summed E-state index contributed by atoms with van der Waals surface area (Å²) in [4.78, 5) is 24.1. The number of carbonyl (C=O) groups is 2. The molecule has 0 heterocycles. The van der Waals surface area contributed by atoms with Crippen molar-refractivity contribution in [3.05, 3.63) is 22.7 Å². The van der Waals surface area contributed by atoms with Crippen molar-refractivity contribution in [1.82, 2.24) is 10.6 Å². The number of hydrogen-bond acceptors (Lipinski definition) is 4. The number of hydrogen-bond donors (Lipinski definition) is 2. The molecule has 1 aromatic carbocycles. The minimum absolute atomic E-state index is 0.244. The molecule has 2 N–H and O–H groups in total. The molecule has 1 rings (SSSR count). The van der Waals surface area contributed by atoms with Gasteiger partial charge < -0.3 is 20.1 Å². The summed E-state index contributed by atoms with van der Waals surface area (Å²) in [5.41, 5.74) is 0.312. The summed E-state index contributed by atoms with van der Waals surface area (Å²) in [7, 11) is 0. The van der Waals surface area contributed by atoms with Crippen molar-refractivity contribution < 1.29 is 19.1 Å². The molecule has 0 aromatic heterocycles. The summed E-state index contributed by atoms with van der Waals surface area (Å²) in [6.45, 7) is 8.79. The lowest BCUT2D eigenvalue weighted by molar-refractivity contribution is -0.122. The number of amides is 2. The minimum atomic E-state index is -0.651. The highest BCUT2D eigenvalue weighted by Crippen LogP contribution is 2.36. The van der Waals surface area contributed by atoms with Gasteiger partial charge in [0.2, 0.25) is 5.91 Å². The predicted octanol–water partition coefficient (Wildman–Crippen LogP) is 3.17. The number of halogens is 1. The van der Waals surface area contributed by atoms with Gasteiger partial charge in [0.25, 0.3) is 5.91 Å². The smallest absolute Gasteiger partial charge is 0.252 e. The van der Waals surface area contributed by atoms with Crippen LogP contribution in [-0.2, 0) is 4.79 Å². The van der Waals surface area contributed by atoms with Crippen molar-refractivity contribution >= 4 is 23.4 Å². The second kappa shape index (κ2) is 10.8. The molecule has 0 aliphatic carbocycles. The van der Waals surface area contributed by atoms with E-state index >= 15 is 0 Å². The first-order valence-electron chi connectivity index (χ1n) is 8.62. The zero-order valence-corrected chi connectivity index (χ0v) is 16.0. The van der Waals surface area contributed by atoms with Gasteiger partial charge in [0, 0.05) is 12.1 Å².